The number of hydrogen-bond donors (Lipinski definition) is 1. The summed E-state index contributed by atoms with van der Waals surface area (Å²) in [7, 11) is 0. The van der Waals surface area contributed by atoms with Crippen molar-refractivity contribution in [3.8, 4) is 0 Å². The van der Waals surface area contributed by atoms with E-state index in [1.165, 1.54) is 30.5 Å². The number of halogens is 1. The van der Waals surface area contributed by atoms with Crippen LogP contribution in [0.4, 0.5) is 11.4 Å². The number of nitrogens with zero attached hydrogens (tertiary/aromatic N) is 1. The zero-order chi connectivity index (χ0) is 12.4. The molecule has 2 nitrogen and oxygen atoms in total. The minimum atomic E-state index is 0.671. The summed E-state index contributed by atoms with van der Waals surface area (Å²) < 4.78 is 0. The molecule has 0 radical (unpaired) electrons. The van der Waals surface area contributed by atoms with Gasteiger partial charge in [0.15, 0.2) is 0 Å². The Labute approximate surface area is 109 Å². The smallest absolute Gasteiger partial charge is 0.0656 e. The van der Waals surface area contributed by atoms with Crippen molar-refractivity contribution in [3.63, 3.8) is 0 Å². The molecule has 2 N–H and O–H groups in total. The highest BCUT2D eigenvalue weighted by atomic mass is 35.5. The van der Waals surface area contributed by atoms with Gasteiger partial charge in [-0.3, -0.25) is 0 Å². The molecule has 3 heteroatoms. The molecule has 1 unspecified atom stereocenters. The lowest BCUT2D eigenvalue weighted by molar-refractivity contribution is 0.404. The second kappa shape index (κ2) is 5.18. The number of piperidine rings is 1. The first-order valence-electron chi connectivity index (χ1n) is 6.42. The van der Waals surface area contributed by atoms with Gasteiger partial charge in [-0.15, -0.1) is 0 Å². The van der Waals surface area contributed by atoms with Crippen LogP contribution in [0.2, 0.25) is 5.02 Å². The number of aryl methyl sites for hydroxylation is 1. The van der Waals surface area contributed by atoms with Gasteiger partial charge in [0, 0.05) is 18.8 Å². The normalized spacial score (nSPS) is 20.6. The zero-order valence-electron chi connectivity index (χ0n) is 10.7. The summed E-state index contributed by atoms with van der Waals surface area (Å²) in [6.45, 7) is 6.67. The molecule has 0 spiro atoms. The lowest BCUT2D eigenvalue weighted by Crippen LogP contribution is -2.35. The summed E-state index contributed by atoms with van der Waals surface area (Å²) in [4.78, 5) is 2.46. The number of hydrogen-bond acceptors (Lipinski definition) is 2. The fraction of sp³-hybridized carbons (Fsp3) is 0.571. The van der Waals surface area contributed by atoms with Crippen LogP contribution < -0.4 is 10.6 Å². The fourth-order valence-corrected chi connectivity index (χ4v) is 2.81. The summed E-state index contributed by atoms with van der Waals surface area (Å²) in [5.74, 6) is 0.819. The van der Waals surface area contributed by atoms with E-state index in [0.717, 1.165) is 19.0 Å². The summed E-state index contributed by atoms with van der Waals surface area (Å²) in [6, 6.07) is 4.00. The van der Waals surface area contributed by atoms with E-state index >= 15 is 0 Å². The number of nitrogens with two attached hydrogens (primary N) is 1. The van der Waals surface area contributed by atoms with E-state index in [0.29, 0.717) is 10.7 Å². The van der Waals surface area contributed by atoms with Gasteiger partial charge in [-0.2, -0.15) is 0 Å². The Balaban J connectivity index is 2.24. The van der Waals surface area contributed by atoms with Crippen LogP contribution in [0.3, 0.4) is 0 Å². The molecule has 0 aliphatic carbocycles. The summed E-state index contributed by atoms with van der Waals surface area (Å²) in [5, 5.41) is 0.671. The first-order valence-corrected chi connectivity index (χ1v) is 6.80. The molecule has 1 aromatic rings. The van der Waals surface area contributed by atoms with E-state index in [2.05, 4.69) is 18.7 Å². The molecule has 1 atom stereocenters. The van der Waals surface area contributed by atoms with Crippen molar-refractivity contribution in [2.75, 3.05) is 23.7 Å². The van der Waals surface area contributed by atoms with E-state index in [1.54, 1.807) is 0 Å². The van der Waals surface area contributed by atoms with Crippen LogP contribution in [0.1, 0.15) is 31.7 Å². The van der Waals surface area contributed by atoms with E-state index in [9.17, 15) is 0 Å². The third-order valence-electron chi connectivity index (χ3n) is 3.75. The van der Waals surface area contributed by atoms with Gasteiger partial charge in [0.2, 0.25) is 0 Å². The maximum Gasteiger partial charge on any atom is 0.0656 e. The number of nitrogen functional groups attached to an aromatic ring is 1. The molecule has 0 saturated carbocycles. The summed E-state index contributed by atoms with van der Waals surface area (Å²) in [6.07, 6.45) is 3.90. The maximum absolute atomic E-state index is 6.12. The van der Waals surface area contributed by atoms with Crippen molar-refractivity contribution in [1.29, 1.82) is 0 Å². The van der Waals surface area contributed by atoms with Gasteiger partial charge in [0.25, 0.3) is 0 Å². The van der Waals surface area contributed by atoms with Crippen LogP contribution in [0.5, 0.6) is 0 Å². The molecule has 2 rings (SSSR count). The third kappa shape index (κ3) is 2.68. The van der Waals surface area contributed by atoms with Crippen LogP contribution in [-0.2, 0) is 0 Å². The largest absolute Gasteiger partial charge is 0.398 e. The Morgan fingerprint density at radius 3 is 2.94 bits per heavy atom. The lowest BCUT2D eigenvalue weighted by Gasteiger charge is -2.35. The highest BCUT2D eigenvalue weighted by Gasteiger charge is 2.20. The standard InChI is InChI=1S/C14H21ClN2/c1-3-11-5-4-6-17(9-11)14-8-12(15)13(16)7-10(14)2/h7-8,11H,3-6,9,16H2,1-2H3. The average molecular weight is 253 g/mol. The summed E-state index contributed by atoms with van der Waals surface area (Å²) in [5.41, 5.74) is 8.98. The van der Waals surface area contributed by atoms with Gasteiger partial charge < -0.3 is 10.6 Å². The van der Waals surface area contributed by atoms with Gasteiger partial charge >= 0.3 is 0 Å². The quantitative estimate of drug-likeness (QED) is 0.810. The van der Waals surface area contributed by atoms with E-state index < -0.39 is 0 Å². The van der Waals surface area contributed by atoms with Crippen molar-refractivity contribution in [3.05, 3.63) is 22.7 Å². The highest BCUT2D eigenvalue weighted by molar-refractivity contribution is 6.33. The zero-order valence-corrected chi connectivity index (χ0v) is 11.4. The van der Waals surface area contributed by atoms with E-state index in [1.807, 2.05) is 12.1 Å². The van der Waals surface area contributed by atoms with E-state index in [4.69, 9.17) is 17.3 Å². The van der Waals surface area contributed by atoms with Crippen molar-refractivity contribution < 1.29 is 0 Å². The third-order valence-corrected chi connectivity index (χ3v) is 4.08. The molecular weight excluding hydrogens is 232 g/mol. The van der Waals surface area contributed by atoms with Crippen LogP contribution in [-0.4, -0.2) is 13.1 Å². The van der Waals surface area contributed by atoms with Crippen LogP contribution in [0.25, 0.3) is 0 Å². The lowest BCUT2D eigenvalue weighted by atomic mass is 9.95. The average Bonchev–Trinajstić information content (AvgIpc) is 2.34. The first kappa shape index (κ1) is 12.6. The second-order valence-corrected chi connectivity index (χ2v) is 5.43. The van der Waals surface area contributed by atoms with Gasteiger partial charge in [-0.05, 0) is 43.4 Å². The first-order chi connectivity index (χ1) is 8.11. The molecule has 1 aliphatic rings. The highest BCUT2D eigenvalue weighted by Crippen LogP contribution is 2.32. The molecule has 1 fully saturated rings. The Morgan fingerprint density at radius 1 is 1.47 bits per heavy atom. The molecule has 17 heavy (non-hydrogen) atoms. The van der Waals surface area contributed by atoms with Gasteiger partial charge in [-0.25, -0.2) is 0 Å². The van der Waals surface area contributed by atoms with Gasteiger partial charge in [0.05, 0.1) is 10.7 Å². The van der Waals surface area contributed by atoms with E-state index in [-0.39, 0.29) is 0 Å². The molecule has 0 amide bonds. The molecule has 1 aromatic carbocycles. The monoisotopic (exact) mass is 252 g/mol. The minimum absolute atomic E-state index is 0.671. The number of rotatable bonds is 2. The number of anilines is 2. The maximum atomic E-state index is 6.12. The van der Waals surface area contributed by atoms with Crippen molar-refractivity contribution in [2.45, 2.75) is 33.1 Å². The molecule has 1 saturated heterocycles. The molecule has 1 heterocycles. The predicted molar refractivity (Wildman–Crippen MR) is 75.8 cm³/mol. The molecule has 94 valence electrons. The topological polar surface area (TPSA) is 29.3 Å². The van der Waals surface area contributed by atoms with Crippen molar-refractivity contribution in [2.24, 2.45) is 5.92 Å². The molecule has 0 aromatic heterocycles. The van der Waals surface area contributed by atoms with Crippen molar-refractivity contribution in [1.82, 2.24) is 0 Å². The molecule has 1 aliphatic heterocycles. The van der Waals surface area contributed by atoms with Crippen LogP contribution >= 0.6 is 11.6 Å². The SMILES string of the molecule is CCC1CCCN(c2cc(Cl)c(N)cc2C)C1. The van der Waals surface area contributed by atoms with Crippen LogP contribution in [0.15, 0.2) is 12.1 Å². The van der Waals surface area contributed by atoms with Gasteiger partial charge in [0.1, 0.15) is 0 Å². The molecule has 0 bridgehead atoms. The Bertz CT molecular complexity index is 403. The molecular formula is C14H21ClN2. The second-order valence-electron chi connectivity index (χ2n) is 5.02. The van der Waals surface area contributed by atoms with Gasteiger partial charge in [-0.1, -0.05) is 24.9 Å². The Morgan fingerprint density at radius 2 is 2.24 bits per heavy atom. The Kier molecular flexibility index (Phi) is 3.82. The van der Waals surface area contributed by atoms with Crippen molar-refractivity contribution >= 4 is 23.0 Å². The minimum Gasteiger partial charge on any atom is -0.398 e. The Hall–Kier alpha value is -0.890. The van der Waals surface area contributed by atoms with Crippen LogP contribution in [0, 0.1) is 12.8 Å². The summed E-state index contributed by atoms with van der Waals surface area (Å²) >= 11 is 6.12. The number of benzene rings is 1. The predicted octanol–water partition coefficient (Wildman–Crippen LogP) is 3.86. The fourth-order valence-electron chi connectivity index (χ4n) is 2.65.